The summed E-state index contributed by atoms with van der Waals surface area (Å²) in [6, 6.07) is 25.8. The molecule has 0 fully saturated rings. The average molecular weight is 360 g/mol. The molecule has 0 N–H and O–H groups in total. The fourth-order valence-electron chi connectivity index (χ4n) is 3.85. The highest BCUT2D eigenvalue weighted by Gasteiger charge is 2.05. The lowest BCUT2D eigenvalue weighted by Crippen LogP contribution is -1.94. The highest BCUT2D eigenvalue weighted by molar-refractivity contribution is 5.85. The fourth-order valence-corrected chi connectivity index (χ4v) is 3.85. The van der Waals surface area contributed by atoms with Crippen molar-refractivity contribution >= 4 is 21.5 Å². The third-order valence-electron chi connectivity index (χ3n) is 5.31. The molecule has 28 heavy (non-hydrogen) atoms. The van der Waals surface area contributed by atoms with Gasteiger partial charge in [0.25, 0.3) is 0 Å². The third-order valence-corrected chi connectivity index (χ3v) is 5.31. The number of pyridine rings is 2. The van der Waals surface area contributed by atoms with Crippen molar-refractivity contribution in [2.75, 3.05) is 0 Å². The second-order valence-corrected chi connectivity index (χ2v) is 7.21. The molecular weight excluding hydrogens is 340 g/mol. The summed E-state index contributed by atoms with van der Waals surface area (Å²) in [5, 5.41) is 4.95. The van der Waals surface area contributed by atoms with Crippen LogP contribution in [-0.4, -0.2) is 9.97 Å². The van der Waals surface area contributed by atoms with Crippen molar-refractivity contribution in [3.05, 3.63) is 120 Å². The molecule has 0 aliphatic carbocycles. The first-order chi connectivity index (χ1) is 13.9. The van der Waals surface area contributed by atoms with E-state index in [1.54, 1.807) is 0 Å². The molecule has 2 heteroatoms. The van der Waals surface area contributed by atoms with Crippen molar-refractivity contribution in [3.63, 3.8) is 0 Å². The number of aromatic nitrogens is 2. The summed E-state index contributed by atoms with van der Waals surface area (Å²) in [6.45, 7) is 0. The average Bonchev–Trinajstić information content (AvgIpc) is 2.76. The first kappa shape index (κ1) is 16.6. The molecule has 2 aromatic heterocycles. The summed E-state index contributed by atoms with van der Waals surface area (Å²) < 4.78 is 0. The topological polar surface area (TPSA) is 25.8 Å². The maximum atomic E-state index is 4.40. The van der Waals surface area contributed by atoms with Crippen LogP contribution < -0.4 is 0 Å². The van der Waals surface area contributed by atoms with Crippen LogP contribution in [0.25, 0.3) is 21.5 Å². The highest BCUT2D eigenvalue weighted by atomic mass is 14.6. The molecule has 0 amide bonds. The number of hydrogen-bond acceptors (Lipinski definition) is 2. The summed E-state index contributed by atoms with van der Waals surface area (Å²) >= 11 is 0. The molecule has 2 heterocycles. The van der Waals surface area contributed by atoms with Crippen LogP contribution in [-0.2, 0) is 12.8 Å². The fraction of sp³-hybridized carbons (Fsp3) is 0.0769. The summed E-state index contributed by atoms with van der Waals surface area (Å²) in [6.07, 6.45) is 9.62. The Hall–Kier alpha value is -3.52. The van der Waals surface area contributed by atoms with Gasteiger partial charge in [0.1, 0.15) is 0 Å². The van der Waals surface area contributed by atoms with Gasteiger partial charge in [0.2, 0.25) is 0 Å². The summed E-state index contributed by atoms with van der Waals surface area (Å²) in [5.41, 5.74) is 5.14. The van der Waals surface area contributed by atoms with Crippen molar-refractivity contribution in [2.24, 2.45) is 0 Å². The molecule has 0 unspecified atom stereocenters. The van der Waals surface area contributed by atoms with Gasteiger partial charge in [-0.05, 0) is 45.9 Å². The van der Waals surface area contributed by atoms with Crippen LogP contribution in [0, 0.1) is 0 Å². The second-order valence-electron chi connectivity index (χ2n) is 7.21. The number of nitrogens with zero attached hydrogens (tertiary/aromatic N) is 2. The van der Waals surface area contributed by atoms with Crippen LogP contribution >= 0.6 is 0 Å². The molecule has 0 saturated heterocycles. The van der Waals surface area contributed by atoms with Gasteiger partial charge in [-0.1, -0.05) is 72.8 Å². The van der Waals surface area contributed by atoms with Crippen LogP contribution in [0.1, 0.15) is 22.3 Å². The minimum Gasteiger partial charge on any atom is -0.264 e. The maximum Gasteiger partial charge on any atom is 0.0346 e. The third kappa shape index (κ3) is 3.25. The van der Waals surface area contributed by atoms with Crippen LogP contribution in [0.3, 0.4) is 0 Å². The molecule has 0 atom stereocenters. The molecule has 3 aromatic carbocycles. The Morgan fingerprint density at radius 2 is 0.893 bits per heavy atom. The summed E-state index contributed by atoms with van der Waals surface area (Å²) in [5.74, 6) is 0. The lowest BCUT2D eigenvalue weighted by molar-refractivity contribution is 1.14. The van der Waals surface area contributed by atoms with E-state index in [0.717, 1.165) is 12.8 Å². The standard InChI is InChI=1S/C26H20N2/c1-3-7-25-21(5-1)15-27-17-23(25)13-19-9-11-20(12-10-19)14-24-18-28-16-22-6-2-4-8-26(22)24/h1-12,15-18H,13-14H2. The van der Waals surface area contributed by atoms with E-state index < -0.39 is 0 Å². The molecule has 0 radical (unpaired) electrons. The van der Waals surface area contributed by atoms with Gasteiger partial charge in [0.15, 0.2) is 0 Å². The normalized spacial score (nSPS) is 11.1. The van der Waals surface area contributed by atoms with Crippen molar-refractivity contribution in [3.8, 4) is 0 Å². The summed E-state index contributed by atoms with van der Waals surface area (Å²) in [4.78, 5) is 8.81. The predicted molar refractivity (Wildman–Crippen MR) is 116 cm³/mol. The molecule has 0 spiro atoms. The van der Waals surface area contributed by atoms with Gasteiger partial charge in [0.05, 0.1) is 0 Å². The molecule has 0 saturated carbocycles. The molecule has 0 aliphatic rings. The smallest absolute Gasteiger partial charge is 0.0346 e. The van der Waals surface area contributed by atoms with E-state index in [9.17, 15) is 0 Å². The SMILES string of the molecule is c1ccc2c(Cc3ccc(Cc4cncc5ccccc45)cc3)cncc2c1. The van der Waals surface area contributed by atoms with Gasteiger partial charge >= 0.3 is 0 Å². The number of hydrogen-bond donors (Lipinski definition) is 0. The van der Waals surface area contributed by atoms with E-state index in [1.165, 1.54) is 43.8 Å². The molecule has 134 valence electrons. The first-order valence-electron chi connectivity index (χ1n) is 9.58. The monoisotopic (exact) mass is 360 g/mol. The lowest BCUT2D eigenvalue weighted by Gasteiger charge is -2.09. The van der Waals surface area contributed by atoms with Gasteiger partial charge in [0, 0.05) is 35.6 Å². The zero-order valence-corrected chi connectivity index (χ0v) is 15.5. The Bertz CT molecular complexity index is 1150. The largest absolute Gasteiger partial charge is 0.264 e. The quantitative estimate of drug-likeness (QED) is 0.395. The predicted octanol–water partition coefficient (Wildman–Crippen LogP) is 5.96. The molecule has 5 rings (SSSR count). The van der Waals surface area contributed by atoms with Crippen LogP contribution in [0.2, 0.25) is 0 Å². The highest BCUT2D eigenvalue weighted by Crippen LogP contribution is 2.22. The van der Waals surface area contributed by atoms with E-state index in [1.807, 2.05) is 24.8 Å². The Morgan fingerprint density at radius 3 is 1.36 bits per heavy atom. The maximum absolute atomic E-state index is 4.40. The van der Waals surface area contributed by atoms with E-state index in [-0.39, 0.29) is 0 Å². The Labute approximate surface area is 164 Å². The molecular formula is C26H20N2. The minimum atomic E-state index is 0.893. The Morgan fingerprint density at radius 1 is 0.464 bits per heavy atom. The van der Waals surface area contributed by atoms with E-state index in [4.69, 9.17) is 0 Å². The molecule has 2 nitrogen and oxygen atoms in total. The van der Waals surface area contributed by atoms with E-state index in [0.29, 0.717) is 0 Å². The Kier molecular flexibility index (Phi) is 4.30. The van der Waals surface area contributed by atoms with Gasteiger partial charge in [-0.2, -0.15) is 0 Å². The van der Waals surface area contributed by atoms with Crippen molar-refractivity contribution < 1.29 is 0 Å². The van der Waals surface area contributed by atoms with Crippen molar-refractivity contribution in [2.45, 2.75) is 12.8 Å². The minimum absolute atomic E-state index is 0.893. The van der Waals surface area contributed by atoms with Gasteiger partial charge in [-0.15, -0.1) is 0 Å². The molecule has 0 aliphatic heterocycles. The van der Waals surface area contributed by atoms with Gasteiger partial charge in [-0.3, -0.25) is 9.97 Å². The first-order valence-corrected chi connectivity index (χ1v) is 9.58. The van der Waals surface area contributed by atoms with Crippen LogP contribution in [0.5, 0.6) is 0 Å². The van der Waals surface area contributed by atoms with Gasteiger partial charge < -0.3 is 0 Å². The second kappa shape index (κ2) is 7.24. The molecule has 0 bridgehead atoms. The van der Waals surface area contributed by atoms with Crippen LogP contribution in [0.4, 0.5) is 0 Å². The zero-order chi connectivity index (χ0) is 18.8. The van der Waals surface area contributed by atoms with E-state index >= 15 is 0 Å². The number of fused-ring (bicyclic) bond motifs is 2. The molecule has 5 aromatic rings. The van der Waals surface area contributed by atoms with E-state index in [2.05, 4.69) is 82.8 Å². The summed E-state index contributed by atoms with van der Waals surface area (Å²) in [7, 11) is 0. The number of benzene rings is 3. The lowest BCUT2D eigenvalue weighted by atomic mass is 9.97. The Balaban J connectivity index is 1.40. The number of rotatable bonds is 4. The van der Waals surface area contributed by atoms with Crippen molar-refractivity contribution in [1.29, 1.82) is 0 Å². The zero-order valence-electron chi connectivity index (χ0n) is 15.5. The van der Waals surface area contributed by atoms with Crippen LogP contribution in [0.15, 0.2) is 97.6 Å². The van der Waals surface area contributed by atoms with Crippen molar-refractivity contribution in [1.82, 2.24) is 9.97 Å². The van der Waals surface area contributed by atoms with Gasteiger partial charge in [-0.25, -0.2) is 0 Å².